The van der Waals surface area contributed by atoms with Crippen LogP contribution in [0.25, 0.3) is 0 Å². The van der Waals surface area contributed by atoms with Crippen molar-refractivity contribution in [1.82, 2.24) is 0 Å². The lowest BCUT2D eigenvalue weighted by Crippen LogP contribution is -2.12. The minimum absolute atomic E-state index is 0.240. The number of nitrogens with two attached hydrogens (primary N) is 1. The normalized spacial score (nSPS) is 10.2. The standard InChI is InChI=1S/C12H11BrN2O2/c1-7-4-8(6-17-7)12(16)15-11-3-2-9(13)5-10(11)14/h2-6H,14H2,1H3,(H,15,16). The van der Waals surface area contributed by atoms with E-state index in [9.17, 15) is 4.79 Å². The van der Waals surface area contributed by atoms with Gasteiger partial charge < -0.3 is 15.5 Å². The molecular weight excluding hydrogens is 284 g/mol. The number of benzene rings is 1. The van der Waals surface area contributed by atoms with Gasteiger partial charge in [0.25, 0.3) is 5.91 Å². The largest absolute Gasteiger partial charge is 0.469 e. The van der Waals surface area contributed by atoms with E-state index >= 15 is 0 Å². The van der Waals surface area contributed by atoms with Crippen molar-refractivity contribution in [3.05, 3.63) is 46.3 Å². The highest BCUT2D eigenvalue weighted by Crippen LogP contribution is 2.23. The smallest absolute Gasteiger partial charge is 0.258 e. The Morgan fingerprint density at radius 1 is 1.41 bits per heavy atom. The van der Waals surface area contributed by atoms with Crippen molar-refractivity contribution in [1.29, 1.82) is 0 Å². The van der Waals surface area contributed by atoms with Crippen LogP contribution in [-0.4, -0.2) is 5.91 Å². The van der Waals surface area contributed by atoms with Gasteiger partial charge in [0.1, 0.15) is 12.0 Å². The maximum atomic E-state index is 11.8. The monoisotopic (exact) mass is 294 g/mol. The molecule has 4 nitrogen and oxygen atoms in total. The number of amides is 1. The van der Waals surface area contributed by atoms with Gasteiger partial charge in [0, 0.05) is 4.47 Å². The van der Waals surface area contributed by atoms with Gasteiger partial charge in [0.15, 0.2) is 0 Å². The number of nitrogen functional groups attached to an aromatic ring is 1. The fraction of sp³-hybridized carbons (Fsp3) is 0.0833. The average molecular weight is 295 g/mol. The Kier molecular flexibility index (Phi) is 3.19. The van der Waals surface area contributed by atoms with Crippen molar-refractivity contribution in [2.75, 3.05) is 11.1 Å². The first-order valence-electron chi connectivity index (χ1n) is 4.98. The van der Waals surface area contributed by atoms with Gasteiger partial charge in [0.05, 0.1) is 16.9 Å². The molecule has 0 spiro atoms. The van der Waals surface area contributed by atoms with E-state index in [4.69, 9.17) is 10.2 Å². The summed E-state index contributed by atoms with van der Waals surface area (Å²) in [6.45, 7) is 1.78. The molecule has 0 atom stereocenters. The molecule has 1 aromatic heterocycles. The van der Waals surface area contributed by atoms with Crippen LogP contribution in [0.2, 0.25) is 0 Å². The van der Waals surface area contributed by atoms with E-state index in [1.54, 1.807) is 25.1 Å². The summed E-state index contributed by atoms with van der Waals surface area (Å²) >= 11 is 3.30. The number of hydrogen-bond acceptors (Lipinski definition) is 3. The topological polar surface area (TPSA) is 68.3 Å². The number of nitrogens with one attached hydrogen (secondary N) is 1. The first-order chi connectivity index (χ1) is 8.06. The van der Waals surface area contributed by atoms with Crippen molar-refractivity contribution in [2.45, 2.75) is 6.92 Å². The zero-order chi connectivity index (χ0) is 12.4. The van der Waals surface area contributed by atoms with Crippen LogP contribution in [0.15, 0.2) is 39.4 Å². The highest BCUT2D eigenvalue weighted by Gasteiger charge is 2.10. The average Bonchev–Trinajstić information content (AvgIpc) is 2.69. The van der Waals surface area contributed by atoms with E-state index in [0.717, 1.165) is 4.47 Å². The van der Waals surface area contributed by atoms with Gasteiger partial charge in [-0.25, -0.2) is 0 Å². The van der Waals surface area contributed by atoms with Gasteiger partial charge in [0.2, 0.25) is 0 Å². The quantitative estimate of drug-likeness (QED) is 0.836. The molecule has 1 heterocycles. The van der Waals surface area contributed by atoms with Crippen LogP contribution in [-0.2, 0) is 0 Å². The molecule has 2 rings (SSSR count). The molecular formula is C12H11BrN2O2. The molecule has 0 saturated carbocycles. The second-order valence-electron chi connectivity index (χ2n) is 3.63. The second kappa shape index (κ2) is 4.63. The molecule has 0 aliphatic carbocycles. The third kappa shape index (κ3) is 2.68. The number of aryl methyl sites for hydroxylation is 1. The molecule has 0 unspecified atom stereocenters. The van der Waals surface area contributed by atoms with E-state index in [2.05, 4.69) is 21.2 Å². The minimum Gasteiger partial charge on any atom is -0.469 e. The summed E-state index contributed by atoms with van der Waals surface area (Å²) in [6.07, 6.45) is 1.42. The zero-order valence-electron chi connectivity index (χ0n) is 9.16. The molecule has 3 N–H and O–H groups in total. The van der Waals surface area contributed by atoms with Crippen LogP contribution in [0.4, 0.5) is 11.4 Å². The molecule has 0 radical (unpaired) electrons. The highest BCUT2D eigenvalue weighted by atomic mass is 79.9. The summed E-state index contributed by atoms with van der Waals surface area (Å²) in [4.78, 5) is 11.8. The van der Waals surface area contributed by atoms with Crippen molar-refractivity contribution >= 4 is 33.2 Å². The summed E-state index contributed by atoms with van der Waals surface area (Å²) in [7, 11) is 0. The van der Waals surface area contributed by atoms with Gasteiger partial charge in [-0.3, -0.25) is 4.79 Å². The number of hydrogen-bond donors (Lipinski definition) is 2. The Bertz CT molecular complexity index is 563. The number of halogens is 1. The van der Waals surface area contributed by atoms with Gasteiger partial charge in [-0.15, -0.1) is 0 Å². The van der Waals surface area contributed by atoms with E-state index in [1.807, 2.05) is 6.07 Å². The maximum Gasteiger partial charge on any atom is 0.258 e. The predicted octanol–water partition coefficient (Wildman–Crippen LogP) is 3.19. The lowest BCUT2D eigenvalue weighted by Gasteiger charge is -2.07. The van der Waals surface area contributed by atoms with E-state index in [1.165, 1.54) is 6.26 Å². The molecule has 5 heteroatoms. The van der Waals surface area contributed by atoms with Crippen LogP contribution in [0, 0.1) is 6.92 Å². The third-order valence-corrected chi connectivity index (χ3v) is 2.75. The molecule has 0 bridgehead atoms. The van der Waals surface area contributed by atoms with Crippen molar-refractivity contribution in [2.24, 2.45) is 0 Å². The Morgan fingerprint density at radius 3 is 2.76 bits per heavy atom. The van der Waals surface area contributed by atoms with E-state index in [0.29, 0.717) is 22.7 Å². The van der Waals surface area contributed by atoms with Crippen LogP contribution < -0.4 is 11.1 Å². The van der Waals surface area contributed by atoms with Crippen LogP contribution >= 0.6 is 15.9 Å². The lowest BCUT2D eigenvalue weighted by molar-refractivity contribution is 0.102. The number of anilines is 2. The zero-order valence-corrected chi connectivity index (χ0v) is 10.7. The fourth-order valence-electron chi connectivity index (χ4n) is 1.40. The summed E-state index contributed by atoms with van der Waals surface area (Å²) in [5, 5.41) is 2.72. The van der Waals surface area contributed by atoms with Gasteiger partial charge in [-0.2, -0.15) is 0 Å². The minimum atomic E-state index is -0.240. The molecule has 1 aromatic carbocycles. The molecule has 1 amide bonds. The van der Waals surface area contributed by atoms with Gasteiger partial charge in [-0.1, -0.05) is 15.9 Å². The maximum absolute atomic E-state index is 11.8. The van der Waals surface area contributed by atoms with Crippen LogP contribution in [0.5, 0.6) is 0 Å². The van der Waals surface area contributed by atoms with Crippen molar-refractivity contribution in [3.8, 4) is 0 Å². The van der Waals surface area contributed by atoms with E-state index < -0.39 is 0 Å². The first kappa shape index (κ1) is 11.7. The third-order valence-electron chi connectivity index (χ3n) is 2.25. The number of rotatable bonds is 2. The summed E-state index contributed by atoms with van der Waals surface area (Å²) in [5.74, 6) is 0.454. The Labute approximate surface area is 107 Å². The van der Waals surface area contributed by atoms with E-state index in [-0.39, 0.29) is 5.91 Å². The second-order valence-corrected chi connectivity index (χ2v) is 4.55. The molecule has 0 fully saturated rings. The SMILES string of the molecule is Cc1cc(C(=O)Nc2ccc(Br)cc2N)co1. The van der Waals surface area contributed by atoms with Crippen LogP contribution in [0.3, 0.4) is 0 Å². The Hall–Kier alpha value is -1.75. The predicted molar refractivity (Wildman–Crippen MR) is 70.0 cm³/mol. The van der Waals surface area contributed by atoms with Gasteiger partial charge in [-0.05, 0) is 31.2 Å². The molecule has 17 heavy (non-hydrogen) atoms. The Balaban J connectivity index is 2.18. The summed E-state index contributed by atoms with van der Waals surface area (Å²) < 4.78 is 5.94. The Morgan fingerprint density at radius 2 is 2.18 bits per heavy atom. The highest BCUT2D eigenvalue weighted by molar-refractivity contribution is 9.10. The number of furan rings is 1. The lowest BCUT2D eigenvalue weighted by atomic mass is 10.2. The van der Waals surface area contributed by atoms with Crippen LogP contribution in [0.1, 0.15) is 16.1 Å². The fourth-order valence-corrected chi connectivity index (χ4v) is 1.78. The van der Waals surface area contributed by atoms with Crippen molar-refractivity contribution < 1.29 is 9.21 Å². The van der Waals surface area contributed by atoms with Gasteiger partial charge >= 0.3 is 0 Å². The molecule has 0 aliphatic heterocycles. The molecule has 2 aromatic rings. The molecule has 0 aliphatic rings. The number of carbonyl (C=O) groups is 1. The van der Waals surface area contributed by atoms with Crippen molar-refractivity contribution in [3.63, 3.8) is 0 Å². The summed E-state index contributed by atoms with van der Waals surface area (Å²) in [5.41, 5.74) is 7.35. The first-order valence-corrected chi connectivity index (χ1v) is 5.77. The summed E-state index contributed by atoms with van der Waals surface area (Å²) in [6, 6.07) is 6.96. The molecule has 88 valence electrons. The molecule has 0 saturated heterocycles. The number of carbonyl (C=O) groups excluding carboxylic acids is 1.